The van der Waals surface area contributed by atoms with E-state index < -0.39 is 0 Å². The number of nitrogens with zero attached hydrogens (tertiary/aromatic N) is 1. The number of fused-ring (bicyclic) bond motifs is 1. The summed E-state index contributed by atoms with van der Waals surface area (Å²) in [6.45, 7) is 2.08. The van der Waals surface area contributed by atoms with Gasteiger partial charge in [0.1, 0.15) is 5.82 Å². The van der Waals surface area contributed by atoms with Crippen molar-refractivity contribution in [2.24, 2.45) is 5.73 Å². The van der Waals surface area contributed by atoms with Crippen molar-refractivity contribution in [2.45, 2.75) is 19.3 Å². The summed E-state index contributed by atoms with van der Waals surface area (Å²) in [5.41, 5.74) is 10.3. The number of aromatic nitrogens is 2. The molecule has 0 aliphatic carbocycles. The fraction of sp³-hybridized carbons (Fsp3) is 0.176. The molecule has 0 saturated carbocycles. The quantitative estimate of drug-likeness (QED) is 0.724. The maximum atomic E-state index is 5.94. The summed E-state index contributed by atoms with van der Waals surface area (Å²) < 4.78 is 0. The average molecular weight is 295 g/mol. The number of aryl methyl sites for hydroxylation is 1. The Morgan fingerprint density at radius 3 is 2.57 bits per heavy atom. The molecule has 3 N–H and O–H groups in total. The van der Waals surface area contributed by atoms with Crippen LogP contribution in [0.25, 0.3) is 11.0 Å². The van der Waals surface area contributed by atoms with E-state index in [9.17, 15) is 0 Å². The van der Waals surface area contributed by atoms with Crippen LogP contribution in [0.1, 0.15) is 22.9 Å². The van der Waals surface area contributed by atoms with Crippen LogP contribution < -0.4 is 5.73 Å². The van der Waals surface area contributed by atoms with Gasteiger partial charge in [-0.25, -0.2) is 4.98 Å². The fourth-order valence-electron chi connectivity index (χ4n) is 2.43. The number of thiocarbonyl (C=S) groups is 1. The van der Waals surface area contributed by atoms with Gasteiger partial charge in [-0.1, -0.05) is 54.2 Å². The van der Waals surface area contributed by atoms with Crippen molar-refractivity contribution >= 4 is 28.2 Å². The molecule has 4 heteroatoms. The Morgan fingerprint density at radius 2 is 1.90 bits per heavy atom. The lowest BCUT2D eigenvalue weighted by Gasteiger charge is -2.13. The molecule has 0 fully saturated rings. The molecular weight excluding hydrogens is 278 g/mol. The average Bonchev–Trinajstić information content (AvgIpc) is 2.89. The first kappa shape index (κ1) is 13.8. The number of imidazole rings is 1. The molecule has 0 radical (unpaired) electrons. The minimum atomic E-state index is -0.0740. The van der Waals surface area contributed by atoms with E-state index in [-0.39, 0.29) is 5.92 Å². The van der Waals surface area contributed by atoms with Gasteiger partial charge in [0.15, 0.2) is 0 Å². The maximum absolute atomic E-state index is 5.94. The molecule has 0 aliphatic rings. The molecule has 0 amide bonds. The second-order valence-electron chi connectivity index (χ2n) is 5.28. The first-order valence-corrected chi connectivity index (χ1v) is 7.34. The van der Waals surface area contributed by atoms with E-state index in [2.05, 4.69) is 41.2 Å². The number of benzene rings is 2. The number of aromatic amines is 1. The number of hydrogen-bond donors (Lipinski definition) is 2. The summed E-state index contributed by atoms with van der Waals surface area (Å²) in [7, 11) is 0. The number of nitrogens with one attached hydrogen (secondary N) is 1. The predicted molar refractivity (Wildman–Crippen MR) is 90.5 cm³/mol. The van der Waals surface area contributed by atoms with Crippen molar-refractivity contribution in [2.75, 3.05) is 0 Å². The number of rotatable bonds is 4. The van der Waals surface area contributed by atoms with Crippen LogP contribution in [-0.4, -0.2) is 15.0 Å². The van der Waals surface area contributed by atoms with Crippen molar-refractivity contribution in [3.63, 3.8) is 0 Å². The molecular formula is C17H17N3S. The maximum Gasteiger partial charge on any atom is 0.117 e. The molecule has 0 spiro atoms. The lowest BCUT2D eigenvalue weighted by molar-refractivity contribution is 0.821. The second kappa shape index (κ2) is 5.66. The first-order valence-electron chi connectivity index (χ1n) is 6.93. The fourth-order valence-corrected chi connectivity index (χ4v) is 2.62. The highest BCUT2D eigenvalue weighted by Crippen LogP contribution is 2.22. The van der Waals surface area contributed by atoms with Crippen LogP contribution >= 0.6 is 12.2 Å². The summed E-state index contributed by atoms with van der Waals surface area (Å²) in [4.78, 5) is 8.42. The Balaban J connectivity index is 1.93. The summed E-state index contributed by atoms with van der Waals surface area (Å²) in [6, 6.07) is 16.4. The van der Waals surface area contributed by atoms with Gasteiger partial charge in [0.2, 0.25) is 0 Å². The van der Waals surface area contributed by atoms with Crippen molar-refractivity contribution in [1.82, 2.24) is 9.97 Å². The lowest BCUT2D eigenvalue weighted by Crippen LogP contribution is -2.22. The molecule has 1 atom stereocenters. The van der Waals surface area contributed by atoms with Crippen LogP contribution in [-0.2, 0) is 6.42 Å². The van der Waals surface area contributed by atoms with Gasteiger partial charge in [0.05, 0.1) is 21.9 Å². The monoisotopic (exact) mass is 295 g/mol. The normalized spacial score (nSPS) is 12.4. The van der Waals surface area contributed by atoms with E-state index >= 15 is 0 Å². The van der Waals surface area contributed by atoms with Gasteiger partial charge in [0, 0.05) is 0 Å². The largest absolute Gasteiger partial charge is 0.393 e. The molecule has 106 valence electrons. The van der Waals surface area contributed by atoms with Gasteiger partial charge in [-0.2, -0.15) is 0 Å². The summed E-state index contributed by atoms with van der Waals surface area (Å²) in [5, 5.41) is 0. The highest BCUT2D eigenvalue weighted by molar-refractivity contribution is 7.80. The van der Waals surface area contributed by atoms with Gasteiger partial charge in [-0.3, -0.25) is 0 Å². The van der Waals surface area contributed by atoms with Crippen LogP contribution in [0.2, 0.25) is 0 Å². The van der Waals surface area contributed by atoms with E-state index in [1.807, 2.05) is 24.3 Å². The van der Waals surface area contributed by atoms with Crippen molar-refractivity contribution < 1.29 is 0 Å². The molecule has 1 aromatic heterocycles. The summed E-state index contributed by atoms with van der Waals surface area (Å²) >= 11 is 5.25. The standard InChI is InChI=1S/C17H17N3S/c1-11-6-8-12(9-7-11)10-13(16(18)21)17-19-14-4-2-3-5-15(14)20-17/h2-9,13H,10H2,1H3,(H2,18,21)(H,19,20)/t13-/m0/s1. The number of H-pyrrole nitrogens is 1. The van der Waals surface area contributed by atoms with Gasteiger partial charge in [-0.05, 0) is 31.0 Å². The Kier molecular flexibility index (Phi) is 3.71. The molecule has 0 unspecified atom stereocenters. The number of nitrogens with two attached hydrogens (primary N) is 1. The molecule has 3 aromatic rings. The van der Waals surface area contributed by atoms with Crippen molar-refractivity contribution in [3.05, 3.63) is 65.5 Å². The Bertz CT molecular complexity index is 741. The predicted octanol–water partition coefficient (Wildman–Crippen LogP) is 3.48. The SMILES string of the molecule is Cc1ccc(C[C@@H](C(N)=S)c2nc3ccccc3[nH]2)cc1. The summed E-state index contributed by atoms with van der Waals surface area (Å²) in [5.74, 6) is 0.763. The van der Waals surface area contributed by atoms with Crippen LogP contribution in [0.3, 0.4) is 0 Å². The van der Waals surface area contributed by atoms with Crippen LogP contribution in [0.4, 0.5) is 0 Å². The molecule has 3 rings (SSSR count). The first-order chi connectivity index (χ1) is 10.1. The molecule has 0 saturated heterocycles. The Hall–Kier alpha value is -2.20. The summed E-state index contributed by atoms with van der Waals surface area (Å²) in [6.07, 6.45) is 0.759. The van der Waals surface area contributed by atoms with E-state index in [1.54, 1.807) is 0 Å². The highest BCUT2D eigenvalue weighted by Gasteiger charge is 2.19. The Labute approximate surface area is 129 Å². The third-order valence-corrected chi connectivity index (χ3v) is 3.93. The van der Waals surface area contributed by atoms with E-state index in [0.717, 1.165) is 23.3 Å². The highest BCUT2D eigenvalue weighted by atomic mass is 32.1. The molecule has 1 heterocycles. The smallest absolute Gasteiger partial charge is 0.117 e. The van der Waals surface area contributed by atoms with E-state index in [4.69, 9.17) is 18.0 Å². The zero-order chi connectivity index (χ0) is 14.8. The minimum absolute atomic E-state index is 0.0740. The van der Waals surface area contributed by atoms with Gasteiger partial charge in [0.25, 0.3) is 0 Å². The minimum Gasteiger partial charge on any atom is -0.393 e. The van der Waals surface area contributed by atoms with Crippen LogP contribution in [0.5, 0.6) is 0 Å². The molecule has 0 bridgehead atoms. The van der Waals surface area contributed by atoms with E-state index in [0.29, 0.717) is 4.99 Å². The van der Waals surface area contributed by atoms with Crippen LogP contribution in [0, 0.1) is 6.92 Å². The zero-order valence-electron chi connectivity index (χ0n) is 11.8. The third-order valence-electron chi connectivity index (χ3n) is 3.64. The molecule has 21 heavy (non-hydrogen) atoms. The number of hydrogen-bond acceptors (Lipinski definition) is 2. The van der Waals surface area contributed by atoms with E-state index in [1.165, 1.54) is 11.1 Å². The van der Waals surface area contributed by atoms with Crippen molar-refractivity contribution in [1.29, 1.82) is 0 Å². The number of para-hydroxylation sites is 2. The zero-order valence-corrected chi connectivity index (χ0v) is 12.7. The molecule has 0 aliphatic heterocycles. The van der Waals surface area contributed by atoms with Crippen molar-refractivity contribution in [3.8, 4) is 0 Å². The van der Waals surface area contributed by atoms with Crippen LogP contribution in [0.15, 0.2) is 48.5 Å². The van der Waals surface area contributed by atoms with Gasteiger partial charge < -0.3 is 10.7 Å². The molecule has 3 nitrogen and oxygen atoms in total. The third kappa shape index (κ3) is 2.95. The van der Waals surface area contributed by atoms with Gasteiger partial charge >= 0.3 is 0 Å². The lowest BCUT2D eigenvalue weighted by atomic mass is 9.98. The Morgan fingerprint density at radius 1 is 1.19 bits per heavy atom. The van der Waals surface area contributed by atoms with Gasteiger partial charge in [-0.15, -0.1) is 0 Å². The second-order valence-corrected chi connectivity index (χ2v) is 5.76. The topological polar surface area (TPSA) is 54.7 Å². The molecule has 2 aromatic carbocycles.